The van der Waals surface area contributed by atoms with Gasteiger partial charge in [-0.1, -0.05) is 0 Å². The number of anilines is 1. The van der Waals surface area contributed by atoms with Gasteiger partial charge >= 0.3 is 0 Å². The minimum atomic E-state index is -0.115. The quantitative estimate of drug-likeness (QED) is 0.850. The number of nitrogens with zero attached hydrogens (tertiary/aromatic N) is 4. The lowest BCUT2D eigenvalue weighted by molar-refractivity contribution is -0.0348. The number of nitrogens with two attached hydrogens (primary N) is 1. The van der Waals surface area contributed by atoms with Crippen LogP contribution in [0.15, 0.2) is 6.07 Å². The Morgan fingerprint density at radius 2 is 2.14 bits per heavy atom. The molecule has 2 atom stereocenters. The van der Waals surface area contributed by atoms with Crippen LogP contribution in [0.4, 0.5) is 5.95 Å². The molecule has 2 fully saturated rings. The van der Waals surface area contributed by atoms with Gasteiger partial charge in [-0.15, -0.1) is 0 Å². The second-order valence-corrected chi connectivity index (χ2v) is 6.81. The third kappa shape index (κ3) is 2.45. The number of rotatable bonds is 1. The van der Waals surface area contributed by atoms with Crippen molar-refractivity contribution in [1.29, 1.82) is 0 Å². The number of carbonyl (C=O) groups excluding carboxylic acids is 1. The number of fused-ring (bicyclic) bond motifs is 1. The van der Waals surface area contributed by atoms with E-state index in [-0.39, 0.29) is 17.4 Å². The molecule has 0 unspecified atom stereocenters. The van der Waals surface area contributed by atoms with Crippen LogP contribution in [-0.2, 0) is 0 Å². The summed E-state index contributed by atoms with van der Waals surface area (Å²) in [6.45, 7) is 5.97. The predicted octanol–water partition coefficient (Wildman–Crippen LogP) is 1.46. The summed E-state index contributed by atoms with van der Waals surface area (Å²) in [5, 5.41) is 0. The highest BCUT2D eigenvalue weighted by molar-refractivity contribution is 5.93. The van der Waals surface area contributed by atoms with E-state index in [0.29, 0.717) is 11.7 Å². The first-order valence-corrected chi connectivity index (χ1v) is 8.05. The van der Waals surface area contributed by atoms with Crippen molar-refractivity contribution in [2.45, 2.75) is 51.1 Å². The van der Waals surface area contributed by atoms with Crippen molar-refractivity contribution >= 4 is 11.9 Å². The zero-order valence-corrected chi connectivity index (χ0v) is 13.7. The van der Waals surface area contributed by atoms with Crippen LogP contribution in [0.3, 0.4) is 0 Å². The second-order valence-electron chi connectivity index (χ2n) is 6.81. The Kier molecular flexibility index (Phi) is 3.80. The summed E-state index contributed by atoms with van der Waals surface area (Å²) < 4.78 is 0. The molecule has 0 radical (unpaired) electrons. The van der Waals surface area contributed by atoms with Gasteiger partial charge in [-0.05, 0) is 59.2 Å². The van der Waals surface area contributed by atoms with Gasteiger partial charge in [0.1, 0.15) is 5.69 Å². The SMILES string of the molecule is Cc1cc(C(=O)N2CCC[C@@H]3N(C)CCC[C@@]32C)nc(N)n1. The van der Waals surface area contributed by atoms with Crippen LogP contribution in [0.2, 0.25) is 0 Å². The van der Waals surface area contributed by atoms with Crippen molar-refractivity contribution in [3.8, 4) is 0 Å². The van der Waals surface area contributed by atoms with E-state index >= 15 is 0 Å². The topological polar surface area (TPSA) is 75.4 Å². The van der Waals surface area contributed by atoms with Gasteiger partial charge in [0.05, 0.1) is 5.54 Å². The van der Waals surface area contributed by atoms with Gasteiger partial charge in [-0.3, -0.25) is 4.79 Å². The van der Waals surface area contributed by atoms with Crippen LogP contribution in [-0.4, -0.2) is 57.4 Å². The minimum Gasteiger partial charge on any atom is -0.368 e. The number of nitrogen functional groups attached to an aromatic ring is 1. The predicted molar refractivity (Wildman–Crippen MR) is 85.5 cm³/mol. The van der Waals surface area contributed by atoms with Gasteiger partial charge in [0.2, 0.25) is 5.95 Å². The van der Waals surface area contributed by atoms with Crippen molar-refractivity contribution in [1.82, 2.24) is 19.8 Å². The standard InChI is InChI=1S/C16H25N5O/c1-11-10-12(19-15(17)18-11)14(22)21-9-4-6-13-16(21,2)7-5-8-20(13)3/h10,13H,4-9H2,1-3H3,(H2,17,18,19)/t13-,16-/m0/s1. The molecule has 22 heavy (non-hydrogen) atoms. The Balaban J connectivity index is 1.93. The monoisotopic (exact) mass is 303 g/mol. The summed E-state index contributed by atoms with van der Waals surface area (Å²) >= 11 is 0. The summed E-state index contributed by atoms with van der Waals surface area (Å²) in [5.41, 5.74) is 6.75. The van der Waals surface area contributed by atoms with E-state index in [1.165, 1.54) is 0 Å². The molecule has 120 valence electrons. The van der Waals surface area contributed by atoms with E-state index < -0.39 is 0 Å². The summed E-state index contributed by atoms with van der Waals surface area (Å²) in [6.07, 6.45) is 4.36. The summed E-state index contributed by atoms with van der Waals surface area (Å²) in [7, 11) is 2.17. The second kappa shape index (κ2) is 5.50. The first-order chi connectivity index (χ1) is 10.4. The first-order valence-electron chi connectivity index (χ1n) is 8.05. The van der Waals surface area contributed by atoms with Crippen LogP contribution in [0.25, 0.3) is 0 Å². The Morgan fingerprint density at radius 3 is 2.86 bits per heavy atom. The molecule has 3 heterocycles. The molecule has 0 aromatic carbocycles. The largest absolute Gasteiger partial charge is 0.368 e. The van der Waals surface area contributed by atoms with Crippen molar-refractivity contribution in [2.75, 3.05) is 25.9 Å². The number of hydrogen-bond donors (Lipinski definition) is 1. The van der Waals surface area contributed by atoms with Crippen molar-refractivity contribution < 1.29 is 4.79 Å². The normalized spacial score (nSPS) is 29.2. The zero-order valence-electron chi connectivity index (χ0n) is 13.7. The molecule has 3 rings (SSSR count). The van der Waals surface area contributed by atoms with Crippen molar-refractivity contribution in [2.24, 2.45) is 0 Å². The fourth-order valence-corrected chi connectivity index (χ4v) is 4.20. The highest BCUT2D eigenvalue weighted by Crippen LogP contribution is 2.39. The molecule has 0 saturated carbocycles. The van der Waals surface area contributed by atoms with Crippen LogP contribution in [0, 0.1) is 6.92 Å². The molecule has 0 aliphatic carbocycles. The maximum atomic E-state index is 13.0. The summed E-state index contributed by atoms with van der Waals surface area (Å²) in [5.74, 6) is 0.155. The first kappa shape index (κ1) is 15.2. The molecular weight excluding hydrogens is 278 g/mol. The molecule has 0 spiro atoms. The molecule has 2 aliphatic heterocycles. The van der Waals surface area contributed by atoms with Gasteiger partial charge in [0.25, 0.3) is 5.91 Å². The Morgan fingerprint density at radius 1 is 1.36 bits per heavy atom. The Bertz CT molecular complexity index is 570. The van der Waals surface area contributed by atoms with Crippen molar-refractivity contribution in [3.63, 3.8) is 0 Å². The Hall–Kier alpha value is -1.69. The summed E-state index contributed by atoms with van der Waals surface area (Å²) in [6, 6.07) is 2.16. The molecule has 1 aromatic rings. The lowest BCUT2D eigenvalue weighted by Crippen LogP contribution is -2.66. The van der Waals surface area contributed by atoms with E-state index in [0.717, 1.165) is 44.5 Å². The molecule has 1 aromatic heterocycles. The van der Waals surface area contributed by atoms with Crippen LogP contribution >= 0.6 is 0 Å². The number of likely N-dealkylation sites (N-methyl/N-ethyl adjacent to an activating group) is 1. The fourth-order valence-electron chi connectivity index (χ4n) is 4.20. The zero-order chi connectivity index (χ0) is 15.9. The lowest BCUT2D eigenvalue weighted by atomic mass is 9.76. The van der Waals surface area contributed by atoms with Gasteiger partial charge in [-0.2, -0.15) is 0 Å². The molecule has 2 aliphatic rings. The molecule has 2 N–H and O–H groups in total. The molecule has 6 heteroatoms. The molecular formula is C16H25N5O. The number of amides is 1. The van der Waals surface area contributed by atoms with Gasteiger partial charge in [-0.25, -0.2) is 9.97 Å². The van der Waals surface area contributed by atoms with Crippen LogP contribution in [0.5, 0.6) is 0 Å². The van der Waals surface area contributed by atoms with E-state index in [9.17, 15) is 4.79 Å². The molecule has 1 amide bonds. The number of piperidine rings is 2. The average molecular weight is 303 g/mol. The third-order valence-electron chi connectivity index (χ3n) is 5.26. The minimum absolute atomic E-state index is 0.0142. The maximum absolute atomic E-state index is 13.0. The van der Waals surface area contributed by atoms with Gasteiger partial charge < -0.3 is 15.5 Å². The van der Waals surface area contributed by atoms with Gasteiger partial charge in [0.15, 0.2) is 0 Å². The lowest BCUT2D eigenvalue weighted by Gasteiger charge is -2.55. The molecule has 0 bridgehead atoms. The number of carbonyl (C=O) groups is 1. The number of likely N-dealkylation sites (tertiary alicyclic amines) is 2. The maximum Gasteiger partial charge on any atom is 0.273 e. The molecule has 2 saturated heterocycles. The smallest absolute Gasteiger partial charge is 0.273 e. The highest BCUT2D eigenvalue weighted by atomic mass is 16.2. The Labute approximate surface area is 131 Å². The van der Waals surface area contributed by atoms with E-state index in [1.807, 2.05) is 11.8 Å². The fraction of sp³-hybridized carbons (Fsp3) is 0.688. The average Bonchev–Trinajstić information content (AvgIpc) is 2.45. The van der Waals surface area contributed by atoms with Crippen LogP contribution in [0.1, 0.15) is 48.8 Å². The number of hydrogen-bond acceptors (Lipinski definition) is 5. The van der Waals surface area contributed by atoms with Crippen LogP contribution < -0.4 is 5.73 Å². The van der Waals surface area contributed by atoms with Crippen molar-refractivity contribution in [3.05, 3.63) is 17.5 Å². The summed E-state index contributed by atoms with van der Waals surface area (Å²) in [4.78, 5) is 25.7. The van der Waals surface area contributed by atoms with E-state index in [2.05, 4.69) is 28.8 Å². The van der Waals surface area contributed by atoms with E-state index in [1.54, 1.807) is 6.07 Å². The number of aryl methyl sites for hydroxylation is 1. The van der Waals surface area contributed by atoms with E-state index in [4.69, 9.17) is 5.73 Å². The van der Waals surface area contributed by atoms with Gasteiger partial charge in [0, 0.05) is 18.3 Å². The third-order valence-corrected chi connectivity index (χ3v) is 5.26. The highest BCUT2D eigenvalue weighted by Gasteiger charge is 2.48. The molecule has 6 nitrogen and oxygen atoms in total. The number of aromatic nitrogens is 2.